The van der Waals surface area contributed by atoms with Gasteiger partial charge in [-0.25, -0.2) is 9.37 Å². The maximum Gasteiger partial charge on any atom is 0.301 e. The third-order valence-corrected chi connectivity index (χ3v) is 5.41. The fourth-order valence-electron chi connectivity index (χ4n) is 3.37. The number of Topliss-reactive ketones (excluding diaryl/α,β-unsaturated/α-hetero) is 1. The number of hydrogen-bond acceptors (Lipinski definition) is 7. The van der Waals surface area contributed by atoms with Crippen molar-refractivity contribution in [3.05, 3.63) is 76.8 Å². The first-order valence-corrected chi connectivity index (χ1v) is 10.3. The van der Waals surface area contributed by atoms with Crippen LogP contribution in [0.25, 0.3) is 5.76 Å². The Morgan fingerprint density at radius 3 is 2.68 bits per heavy atom. The minimum absolute atomic E-state index is 0.0265. The first kappa shape index (κ1) is 20.7. The lowest BCUT2D eigenvalue weighted by Gasteiger charge is -2.22. The van der Waals surface area contributed by atoms with E-state index in [-0.39, 0.29) is 23.0 Å². The van der Waals surface area contributed by atoms with E-state index in [9.17, 15) is 19.1 Å². The number of carbonyl (C=O) groups excluding carboxylic acids is 2. The molecule has 0 radical (unpaired) electrons. The molecule has 1 aliphatic heterocycles. The van der Waals surface area contributed by atoms with E-state index in [1.54, 1.807) is 37.6 Å². The molecule has 0 aliphatic carbocycles. The highest BCUT2D eigenvalue weighted by atomic mass is 32.1. The Bertz CT molecular complexity index is 1160. The van der Waals surface area contributed by atoms with Gasteiger partial charge < -0.3 is 9.84 Å². The second-order valence-corrected chi connectivity index (χ2v) is 7.95. The second-order valence-electron chi connectivity index (χ2n) is 7.08. The highest BCUT2D eigenvalue weighted by Gasteiger charge is 2.48. The van der Waals surface area contributed by atoms with Crippen LogP contribution in [-0.4, -0.2) is 32.9 Å². The van der Waals surface area contributed by atoms with Crippen LogP contribution in [0.15, 0.2) is 59.9 Å². The molecule has 4 rings (SSSR count). The van der Waals surface area contributed by atoms with E-state index < -0.39 is 29.3 Å². The van der Waals surface area contributed by atoms with Gasteiger partial charge in [-0.2, -0.15) is 0 Å². The van der Waals surface area contributed by atoms with E-state index in [0.717, 1.165) is 6.07 Å². The molecule has 0 spiro atoms. The van der Waals surface area contributed by atoms with Crippen molar-refractivity contribution >= 4 is 33.9 Å². The summed E-state index contributed by atoms with van der Waals surface area (Å²) in [6.45, 7) is 3.53. The molecule has 0 bridgehead atoms. The number of hydrogen-bond donors (Lipinski definition) is 1. The van der Waals surface area contributed by atoms with Gasteiger partial charge >= 0.3 is 5.91 Å². The van der Waals surface area contributed by atoms with Crippen LogP contribution in [0.2, 0.25) is 0 Å². The van der Waals surface area contributed by atoms with Crippen LogP contribution in [0.4, 0.5) is 9.52 Å². The monoisotopic (exact) mass is 439 g/mol. The number of aliphatic hydroxyl groups is 1. The summed E-state index contributed by atoms with van der Waals surface area (Å²) < 4.78 is 19.9. The maximum absolute atomic E-state index is 14.5. The second kappa shape index (κ2) is 8.27. The van der Waals surface area contributed by atoms with Gasteiger partial charge in [0.15, 0.2) is 16.7 Å². The zero-order valence-corrected chi connectivity index (χ0v) is 17.5. The lowest BCUT2D eigenvalue weighted by atomic mass is 9.96. The van der Waals surface area contributed by atoms with Crippen molar-refractivity contribution in [1.82, 2.24) is 9.97 Å². The largest absolute Gasteiger partial charge is 0.507 e. The maximum atomic E-state index is 14.5. The Labute approximate surface area is 181 Å². The van der Waals surface area contributed by atoms with Crippen molar-refractivity contribution < 1.29 is 23.8 Å². The Morgan fingerprint density at radius 2 is 2.06 bits per heavy atom. The van der Waals surface area contributed by atoms with Crippen LogP contribution in [0, 0.1) is 5.82 Å². The highest BCUT2D eigenvalue weighted by molar-refractivity contribution is 7.14. The zero-order valence-electron chi connectivity index (χ0n) is 16.7. The average molecular weight is 439 g/mol. The standard InChI is InChI=1S/C22H18FN3O4S/c1-12(2)30-16-6-5-13(10-15(16)23)19(27)17-18(14-4-3-7-24-11-14)26(21(29)20(17)28)22-25-8-9-31-22/h3-12,18,27H,1-2H3/t18-/m0/s1. The number of ketones is 1. The molecule has 3 heterocycles. The molecule has 0 unspecified atom stereocenters. The topological polar surface area (TPSA) is 92.6 Å². The highest BCUT2D eigenvalue weighted by Crippen LogP contribution is 2.42. The molecule has 0 saturated carbocycles. The van der Waals surface area contributed by atoms with Crippen molar-refractivity contribution in [3.8, 4) is 5.75 Å². The smallest absolute Gasteiger partial charge is 0.301 e. The van der Waals surface area contributed by atoms with Crippen molar-refractivity contribution in [1.29, 1.82) is 0 Å². The number of aliphatic hydroxyl groups excluding tert-OH is 1. The van der Waals surface area contributed by atoms with Crippen LogP contribution < -0.4 is 9.64 Å². The summed E-state index contributed by atoms with van der Waals surface area (Å²) in [6.07, 6.45) is 4.35. The zero-order chi connectivity index (χ0) is 22.1. The quantitative estimate of drug-likeness (QED) is 0.366. The lowest BCUT2D eigenvalue weighted by molar-refractivity contribution is -0.132. The van der Waals surface area contributed by atoms with E-state index in [1.807, 2.05) is 0 Å². The Morgan fingerprint density at radius 1 is 1.26 bits per heavy atom. The number of carbonyl (C=O) groups is 2. The van der Waals surface area contributed by atoms with Crippen LogP contribution in [-0.2, 0) is 9.59 Å². The lowest BCUT2D eigenvalue weighted by Crippen LogP contribution is -2.29. The van der Waals surface area contributed by atoms with Crippen LogP contribution in [0.3, 0.4) is 0 Å². The summed E-state index contributed by atoms with van der Waals surface area (Å²) in [5.41, 5.74) is 0.406. The van der Waals surface area contributed by atoms with Gasteiger partial charge in [-0.3, -0.25) is 19.5 Å². The number of aromatic nitrogens is 2. The van der Waals surface area contributed by atoms with Gasteiger partial charge in [-0.1, -0.05) is 6.07 Å². The molecule has 158 valence electrons. The molecule has 3 aromatic rings. The number of anilines is 1. The molecular weight excluding hydrogens is 421 g/mol. The predicted molar refractivity (Wildman–Crippen MR) is 113 cm³/mol. The molecule has 2 aromatic heterocycles. The normalized spacial score (nSPS) is 18.1. The molecule has 1 aromatic carbocycles. The number of pyridine rings is 1. The van der Waals surface area contributed by atoms with Gasteiger partial charge in [-0.15, -0.1) is 11.3 Å². The molecule has 1 saturated heterocycles. The number of rotatable bonds is 5. The summed E-state index contributed by atoms with van der Waals surface area (Å²) in [4.78, 5) is 35.2. The molecule has 1 atom stereocenters. The van der Waals surface area contributed by atoms with Crippen molar-refractivity contribution in [3.63, 3.8) is 0 Å². The Hall–Kier alpha value is -3.59. The molecule has 1 amide bonds. The Kier molecular flexibility index (Phi) is 5.51. The average Bonchev–Trinajstić information content (AvgIpc) is 3.36. The fourth-order valence-corrected chi connectivity index (χ4v) is 4.04. The molecule has 1 N–H and O–H groups in total. The number of thiazole rings is 1. The van der Waals surface area contributed by atoms with Crippen molar-refractivity contribution in [2.45, 2.75) is 26.0 Å². The number of ether oxygens (including phenoxy) is 1. The van der Waals surface area contributed by atoms with E-state index in [1.165, 1.54) is 40.8 Å². The number of nitrogens with zero attached hydrogens (tertiary/aromatic N) is 3. The third kappa shape index (κ3) is 3.79. The van der Waals surface area contributed by atoms with Gasteiger partial charge in [0.25, 0.3) is 5.78 Å². The van der Waals surface area contributed by atoms with Gasteiger partial charge in [-0.05, 0) is 43.7 Å². The van der Waals surface area contributed by atoms with Gasteiger partial charge in [0.2, 0.25) is 0 Å². The van der Waals surface area contributed by atoms with Gasteiger partial charge in [0.1, 0.15) is 5.76 Å². The summed E-state index contributed by atoms with van der Waals surface area (Å²) >= 11 is 1.18. The molecule has 1 aliphatic rings. The van der Waals surface area contributed by atoms with Crippen LogP contribution in [0.1, 0.15) is 31.0 Å². The van der Waals surface area contributed by atoms with Gasteiger partial charge in [0, 0.05) is 29.5 Å². The fraction of sp³-hybridized carbons (Fsp3) is 0.182. The van der Waals surface area contributed by atoms with E-state index in [4.69, 9.17) is 4.74 Å². The van der Waals surface area contributed by atoms with Crippen molar-refractivity contribution in [2.24, 2.45) is 0 Å². The first-order chi connectivity index (χ1) is 14.9. The number of amides is 1. The first-order valence-electron chi connectivity index (χ1n) is 9.45. The SMILES string of the molecule is CC(C)Oc1ccc(C(O)=C2C(=O)C(=O)N(c3nccs3)[C@H]2c2cccnc2)cc1F. The minimum Gasteiger partial charge on any atom is -0.507 e. The van der Waals surface area contributed by atoms with E-state index in [2.05, 4.69) is 9.97 Å². The molecular formula is C22H18FN3O4S. The Balaban J connectivity index is 1.86. The third-order valence-electron chi connectivity index (χ3n) is 4.64. The molecule has 31 heavy (non-hydrogen) atoms. The number of benzene rings is 1. The minimum atomic E-state index is -0.950. The summed E-state index contributed by atoms with van der Waals surface area (Å²) in [5, 5.41) is 13.0. The summed E-state index contributed by atoms with van der Waals surface area (Å²) in [6, 6.07) is 6.29. The number of halogens is 1. The molecule has 9 heteroatoms. The predicted octanol–water partition coefficient (Wildman–Crippen LogP) is 4.09. The van der Waals surface area contributed by atoms with E-state index >= 15 is 0 Å². The summed E-state index contributed by atoms with van der Waals surface area (Å²) in [5.74, 6) is -2.86. The molecule has 7 nitrogen and oxygen atoms in total. The van der Waals surface area contributed by atoms with Crippen LogP contribution in [0.5, 0.6) is 5.75 Å². The van der Waals surface area contributed by atoms with E-state index in [0.29, 0.717) is 10.7 Å². The van der Waals surface area contributed by atoms with Crippen LogP contribution >= 0.6 is 11.3 Å². The summed E-state index contributed by atoms with van der Waals surface area (Å²) in [7, 11) is 0. The van der Waals surface area contributed by atoms with Gasteiger partial charge in [0.05, 0.1) is 17.7 Å². The van der Waals surface area contributed by atoms with Crippen molar-refractivity contribution in [2.75, 3.05) is 4.90 Å². The molecule has 1 fully saturated rings.